The van der Waals surface area contributed by atoms with Crippen LogP contribution >= 0.6 is 0 Å². The Morgan fingerprint density at radius 2 is 1.39 bits per heavy atom. The number of fused-ring (bicyclic) bond motifs is 1. The molecule has 5 heterocycles. The number of hydrogen-bond acceptors (Lipinski definition) is 12. The maximum Gasteiger partial charge on any atom is 0.276 e. The van der Waals surface area contributed by atoms with Gasteiger partial charge in [-0.3, -0.25) is 44.0 Å². The van der Waals surface area contributed by atoms with E-state index in [1.807, 2.05) is 36.8 Å². The molecule has 0 saturated carbocycles. The molecule has 0 radical (unpaired) electrons. The molecule has 1 aliphatic rings. The normalized spacial score (nSPS) is 13.2. The molecule has 5 amide bonds. The van der Waals surface area contributed by atoms with Gasteiger partial charge in [0.25, 0.3) is 11.8 Å². The highest BCUT2D eigenvalue weighted by Crippen LogP contribution is 2.39. The van der Waals surface area contributed by atoms with E-state index in [1.165, 1.54) is 0 Å². The van der Waals surface area contributed by atoms with Crippen LogP contribution in [0.25, 0.3) is 22.1 Å². The van der Waals surface area contributed by atoms with E-state index in [2.05, 4.69) is 26.1 Å². The van der Waals surface area contributed by atoms with E-state index in [0.29, 0.717) is 115 Å². The monoisotopic (exact) mass is 879 g/mol. The number of nitrogens with one attached hydrogen (secondary N) is 3. The van der Waals surface area contributed by atoms with Crippen LogP contribution in [0.1, 0.15) is 106 Å². The summed E-state index contributed by atoms with van der Waals surface area (Å²) in [6, 6.07) is 9.25. The predicted octanol–water partition coefficient (Wildman–Crippen LogP) is 3.86. The quantitative estimate of drug-likeness (QED) is 0.0645. The third-order valence-corrected chi connectivity index (χ3v) is 10.7. The van der Waals surface area contributed by atoms with Crippen molar-refractivity contribution >= 4 is 63.5 Å². The van der Waals surface area contributed by atoms with Crippen molar-refractivity contribution < 1.29 is 38.2 Å². The van der Waals surface area contributed by atoms with Crippen molar-refractivity contribution in [3.05, 3.63) is 70.3 Å². The van der Waals surface area contributed by atoms with Gasteiger partial charge >= 0.3 is 0 Å². The van der Waals surface area contributed by atoms with E-state index in [-0.39, 0.29) is 54.6 Å². The van der Waals surface area contributed by atoms with Crippen LogP contribution in [0.2, 0.25) is 0 Å². The van der Waals surface area contributed by atoms with Gasteiger partial charge in [-0.15, -0.1) is 0 Å². The topological polar surface area (TPSA) is 272 Å². The van der Waals surface area contributed by atoms with E-state index in [9.17, 15) is 24.0 Å². The summed E-state index contributed by atoms with van der Waals surface area (Å²) in [6.07, 6.45) is 1.64. The van der Waals surface area contributed by atoms with E-state index in [0.717, 1.165) is 0 Å². The van der Waals surface area contributed by atoms with Crippen LogP contribution in [0.5, 0.6) is 11.5 Å². The van der Waals surface area contributed by atoms with Gasteiger partial charge in [-0.1, -0.05) is 0 Å². The molecule has 1 aliphatic heterocycles. The summed E-state index contributed by atoms with van der Waals surface area (Å²) in [5.41, 5.74) is 15.7. The number of ether oxygens (including phenoxy) is 3. The number of hydrogen-bond donors (Lipinski definition) is 5. The fourth-order valence-corrected chi connectivity index (χ4v) is 7.79. The number of benzene rings is 2. The summed E-state index contributed by atoms with van der Waals surface area (Å²) in [4.78, 5) is 74.2. The smallest absolute Gasteiger partial charge is 0.276 e. The van der Waals surface area contributed by atoms with Crippen LogP contribution in [0.4, 0.5) is 11.9 Å². The maximum atomic E-state index is 13.9. The minimum absolute atomic E-state index is 0.142. The van der Waals surface area contributed by atoms with Gasteiger partial charge in [0.15, 0.2) is 0 Å². The highest BCUT2D eigenvalue weighted by molar-refractivity contribution is 6.05. The molecule has 7 N–H and O–H groups in total. The van der Waals surface area contributed by atoms with Crippen molar-refractivity contribution in [3.63, 3.8) is 0 Å². The molecule has 0 bridgehead atoms. The number of primary amides is 2. The van der Waals surface area contributed by atoms with Gasteiger partial charge in [0.2, 0.25) is 29.6 Å². The number of carbonyl (C=O) groups excluding carboxylic acids is 5. The van der Waals surface area contributed by atoms with Crippen molar-refractivity contribution in [1.29, 1.82) is 0 Å². The van der Waals surface area contributed by atoms with E-state index in [4.69, 9.17) is 35.6 Å². The minimum Gasteiger partial charge on any atom is -0.491 e. The second-order valence-electron chi connectivity index (χ2n) is 15.3. The van der Waals surface area contributed by atoms with Crippen molar-refractivity contribution in [2.45, 2.75) is 86.0 Å². The van der Waals surface area contributed by atoms with E-state index in [1.54, 1.807) is 52.7 Å². The number of aromatic nitrogens is 8. The predicted molar refractivity (Wildman–Crippen MR) is 236 cm³/mol. The number of aryl methyl sites for hydroxylation is 5. The van der Waals surface area contributed by atoms with Gasteiger partial charge in [-0.2, -0.15) is 10.2 Å². The summed E-state index contributed by atoms with van der Waals surface area (Å²) < 4.78 is 24.7. The highest BCUT2D eigenvalue weighted by atomic mass is 16.5. The third kappa shape index (κ3) is 9.53. The molecule has 0 fully saturated rings. The molecule has 21 heteroatoms. The highest BCUT2D eigenvalue weighted by Gasteiger charge is 2.30. The Kier molecular flexibility index (Phi) is 13.6. The minimum atomic E-state index is -0.694. The lowest BCUT2D eigenvalue weighted by molar-refractivity contribution is -0.122. The van der Waals surface area contributed by atoms with Crippen molar-refractivity contribution in [2.24, 2.45) is 11.5 Å². The second-order valence-corrected chi connectivity index (χ2v) is 15.3. The molecule has 64 heavy (non-hydrogen) atoms. The Labute approximate surface area is 367 Å². The van der Waals surface area contributed by atoms with Gasteiger partial charge in [0.1, 0.15) is 40.5 Å². The number of imidazole rings is 2. The van der Waals surface area contributed by atoms with Gasteiger partial charge in [0.05, 0.1) is 41.7 Å². The maximum absolute atomic E-state index is 13.9. The molecule has 21 nitrogen and oxygen atoms in total. The van der Waals surface area contributed by atoms with Crippen LogP contribution in [-0.4, -0.2) is 101 Å². The first kappa shape index (κ1) is 44.8. The molecule has 1 atom stereocenters. The molecule has 4 aromatic heterocycles. The lowest BCUT2D eigenvalue weighted by Crippen LogP contribution is -2.26. The van der Waals surface area contributed by atoms with Crippen LogP contribution in [-0.2, 0) is 29.2 Å². The summed E-state index contributed by atoms with van der Waals surface area (Å²) >= 11 is 0. The second kappa shape index (κ2) is 19.4. The van der Waals surface area contributed by atoms with Gasteiger partial charge in [-0.25, -0.2) is 9.97 Å². The number of nitrogens with zero attached hydrogens (tertiary/aromatic N) is 8. The molecular weight excluding hydrogens is 827 g/mol. The number of amides is 5. The van der Waals surface area contributed by atoms with E-state index < -0.39 is 23.6 Å². The van der Waals surface area contributed by atoms with Crippen LogP contribution in [0, 0.1) is 13.8 Å². The Morgan fingerprint density at radius 1 is 0.781 bits per heavy atom. The Bertz CT molecular complexity index is 2750. The number of anilines is 2. The zero-order chi connectivity index (χ0) is 45.7. The van der Waals surface area contributed by atoms with Crippen LogP contribution < -0.4 is 36.9 Å². The van der Waals surface area contributed by atoms with Crippen molar-refractivity contribution in [3.8, 4) is 11.5 Å². The molecule has 0 aliphatic carbocycles. The molecule has 2 aromatic carbocycles. The zero-order valence-electron chi connectivity index (χ0n) is 36.5. The number of rotatable bonds is 21. The van der Waals surface area contributed by atoms with Gasteiger partial charge in [-0.05, 0) is 90.3 Å². The first-order valence-electron chi connectivity index (χ1n) is 21.3. The average molecular weight is 880 g/mol. The van der Waals surface area contributed by atoms with Crippen molar-refractivity contribution in [1.82, 2.24) is 44.0 Å². The molecular formula is C43H53N13O8. The molecule has 6 aromatic rings. The Hall–Kier alpha value is -7.29. The Balaban J connectivity index is 1.20. The largest absolute Gasteiger partial charge is 0.491 e. The fraction of sp³-hybridized carbons (Fsp3) is 0.419. The summed E-state index contributed by atoms with van der Waals surface area (Å²) in [6.45, 7) is 12.0. The standard InChI is InChI=1S/C43H53N13O8/c1-6-54-31(17-24(4)51-54)40(60)49-42-47-29-19-26(38(44)58)21-33(63-15-10-13-46-35(57)12-16-62-8-3)36(29)53(42)14-9-11-28-23-64-34-22-27(39(45)59)20-30-37(34)56(28)43(48-30)50-41(61)32-18-25(5)52-55(32)7-2/h17-22,28H,6-16,23H2,1-5H3,(H2,44,58)(H2,45,59)(H,46,57)(H,47,49,60)(H,48,50,61)/t28-/m0/s1. The van der Waals surface area contributed by atoms with Gasteiger partial charge in [0, 0.05) is 50.3 Å². The Morgan fingerprint density at radius 3 is 2.02 bits per heavy atom. The molecule has 0 saturated heterocycles. The fourth-order valence-electron chi connectivity index (χ4n) is 7.79. The first-order chi connectivity index (χ1) is 30.8. The summed E-state index contributed by atoms with van der Waals surface area (Å²) in [5, 5.41) is 17.6. The van der Waals surface area contributed by atoms with Crippen molar-refractivity contribution in [2.75, 3.05) is 43.6 Å². The molecule has 338 valence electrons. The lowest BCUT2D eigenvalue weighted by Gasteiger charge is -2.27. The molecule has 7 rings (SSSR count). The first-order valence-corrected chi connectivity index (χ1v) is 21.3. The third-order valence-electron chi connectivity index (χ3n) is 10.7. The van der Waals surface area contributed by atoms with E-state index >= 15 is 0 Å². The van der Waals surface area contributed by atoms with Gasteiger partial charge < -0.3 is 40.1 Å². The zero-order valence-corrected chi connectivity index (χ0v) is 36.5. The van der Waals surface area contributed by atoms with Crippen LogP contribution in [0.15, 0.2) is 36.4 Å². The molecule has 0 spiro atoms. The SMILES string of the molecule is CCOCCC(=O)NCCCOc1cc(C(N)=O)cc2nc(NC(=O)c3cc(C)nn3CC)n(CCC[C@H]3COc4cc(C(N)=O)cc5nc(NC(=O)c6cc(C)nn6CC)n3c45)c12. The molecule has 0 unspecified atom stereocenters. The number of nitrogens with two attached hydrogens (primary N) is 2. The summed E-state index contributed by atoms with van der Waals surface area (Å²) in [5.74, 6) is -1.19. The summed E-state index contributed by atoms with van der Waals surface area (Å²) in [7, 11) is 0. The average Bonchev–Trinajstić information content (AvgIpc) is 4.04. The van der Waals surface area contributed by atoms with Crippen LogP contribution in [0.3, 0.4) is 0 Å². The number of carbonyl (C=O) groups is 5. The lowest BCUT2D eigenvalue weighted by atomic mass is 10.1.